The van der Waals surface area contributed by atoms with Gasteiger partial charge in [0, 0.05) is 29.5 Å². The van der Waals surface area contributed by atoms with E-state index in [2.05, 4.69) is 25.3 Å². The fourth-order valence-corrected chi connectivity index (χ4v) is 4.37. The number of guanidine groups is 1. The second kappa shape index (κ2) is 10.0. The number of hydrogen-bond acceptors (Lipinski definition) is 5. The van der Waals surface area contributed by atoms with Gasteiger partial charge in [-0.1, -0.05) is 17.7 Å². The van der Waals surface area contributed by atoms with Crippen molar-refractivity contribution >= 4 is 38.9 Å². The van der Waals surface area contributed by atoms with Gasteiger partial charge in [0.25, 0.3) is 0 Å². The van der Waals surface area contributed by atoms with Crippen LogP contribution in [0.2, 0.25) is 5.02 Å². The molecular formula is C17H24ClN5O2S2. The lowest BCUT2D eigenvalue weighted by atomic mass is 10.4. The average molecular weight is 430 g/mol. The summed E-state index contributed by atoms with van der Waals surface area (Å²) in [4.78, 5) is 10.3. The van der Waals surface area contributed by atoms with Crippen LogP contribution < -0.4 is 15.4 Å². The average Bonchev–Trinajstić information content (AvgIpc) is 2.94. The van der Waals surface area contributed by atoms with E-state index in [0.29, 0.717) is 30.6 Å². The lowest BCUT2D eigenvalue weighted by Gasteiger charge is -2.12. The molecule has 0 bridgehead atoms. The quantitative estimate of drug-likeness (QED) is 0.340. The summed E-state index contributed by atoms with van der Waals surface area (Å²) in [5, 5.41) is 7.57. The molecule has 7 nitrogen and oxygen atoms in total. The van der Waals surface area contributed by atoms with Crippen LogP contribution in [-0.2, 0) is 16.6 Å². The van der Waals surface area contributed by atoms with Gasteiger partial charge in [-0.2, -0.15) is 0 Å². The summed E-state index contributed by atoms with van der Waals surface area (Å²) in [5.41, 5.74) is 1.03. The van der Waals surface area contributed by atoms with Gasteiger partial charge in [0.2, 0.25) is 10.0 Å². The molecule has 3 N–H and O–H groups in total. The highest BCUT2D eigenvalue weighted by Gasteiger charge is 2.13. The van der Waals surface area contributed by atoms with Gasteiger partial charge in [-0.05, 0) is 39.0 Å². The van der Waals surface area contributed by atoms with Crippen LogP contribution in [0, 0.1) is 13.8 Å². The molecular weight excluding hydrogens is 406 g/mol. The molecule has 0 amide bonds. The molecule has 0 aliphatic carbocycles. The first-order valence-corrected chi connectivity index (χ1v) is 11.2. The summed E-state index contributed by atoms with van der Waals surface area (Å²) in [5.74, 6) is 0.616. The van der Waals surface area contributed by atoms with Crippen molar-refractivity contribution in [2.45, 2.75) is 32.2 Å². The van der Waals surface area contributed by atoms with Crippen molar-refractivity contribution in [1.82, 2.24) is 20.3 Å². The molecule has 2 rings (SSSR count). The largest absolute Gasteiger partial charge is 0.357 e. The molecule has 0 radical (unpaired) electrons. The number of hydrogen-bond donors (Lipinski definition) is 3. The standard InChI is InChI=1S/C17H24ClN5O2S2/c1-4-19-17(21-11-16-23-12(2)13(3)26-16)20-8-9-22-27(24,25)15-7-5-6-14(18)10-15/h5-7,10,22H,4,8-9,11H2,1-3H3,(H2,19,20,21). The Bertz CT molecular complexity index is 877. The van der Waals surface area contributed by atoms with Crippen LogP contribution in [0.1, 0.15) is 22.5 Å². The summed E-state index contributed by atoms with van der Waals surface area (Å²) in [7, 11) is -3.59. The van der Waals surface area contributed by atoms with Crippen LogP contribution in [0.15, 0.2) is 34.2 Å². The zero-order valence-electron chi connectivity index (χ0n) is 15.5. The molecule has 0 saturated carbocycles. The second-order valence-corrected chi connectivity index (χ2v) is 9.22. The van der Waals surface area contributed by atoms with E-state index in [1.807, 2.05) is 20.8 Å². The van der Waals surface area contributed by atoms with Crippen LogP contribution in [0.25, 0.3) is 0 Å². The van der Waals surface area contributed by atoms with Gasteiger partial charge in [-0.3, -0.25) is 0 Å². The Kier molecular flexibility index (Phi) is 8.03. The number of nitrogens with zero attached hydrogens (tertiary/aromatic N) is 2. The third-order valence-electron chi connectivity index (χ3n) is 3.61. The number of halogens is 1. The molecule has 0 atom stereocenters. The normalized spacial score (nSPS) is 12.2. The Labute approximate surface area is 169 Å². The number of sulfonamides is 1. The molecule has 148 valence electrons. The monoisotopic (exact) mass is 429 g/mol. The van der Waals surface area contributed by atoms with Crippen LogP contribution in [0.4, 0.5) is 0 Å². The van der Waals surface area contributed by atoms with Gasteiger partial charge in [-0.25, -0.2) is 23.1 Å². The Morgan fingerprint density at radius 3 is 2.67 bits per heavy atom. The Morgan fingerprint density at radius 1 is 1.26 bits per heavy atom. The molecule has 1 aromatic heterocycles. The van der Waals surface area contributed by atoms with Gasteiger partial charge in [0.1, 0.15) is 5.01 Å². The predicted molar refractivity (Wildman–Crippen MR) is 111 cm³/mol. The van der Waals surface area contributed by atoms with E-state index in [1.165, 1.54) is 17.0 Å². The Morgan fingerprint density at radius 2 is 2.04 bits per heavy atom. The maximum absolute atomic E-state index is 12.2. The van der Waals surface area contributed by atoms with Crippen molar-refractivity contribution in [3.63, 3.8) is 0 Å². The fourth-order valence-electron chi connectivity index (χ4n) is 2.18. The second-order valence-electron chi connectivity index (χ2n) is 5.73. The highest BCUT2D eigenvalue weighted by molar-refractivity contribution is 7.89. The van der Waals surface area contributed by atoms with E-state index in [4.69, 9.17) is 11.6 Å². The van der Waals surface area contributed by atoms with E-state index >= 15 is 0 Å². The number of thiazole rings is 1. The van der Waals surface area contributed by atoms with Crippen molar-refractivity contribution in [3.8, 4) is 0 Å². The molecule has 0 saturated heterocycles. The molecule has 1 heterocycles. The molecule has 1 aromatic carbocycles. The zero-order chi connectivity index (χ0) is 19.9. The van der Waals surface area contributed by atoms with Crippen molar-refractivity contribution in [2.24, 2.45) is 4.99 Å². The Hall–Kier alpha value is -1.68. The number of benzene rings is 1. The first-order valence-electron chi connectivity index (χ1n) is 8.52. The minimum absolute atomic E-state index is 0.144. The minimum atomic E-state index is -3.59. The summed E-state index contributed by atoms with van der Waals surface area (Å²) < 4.78 is 27.0. The van der Waals surface area contributed by atoms with Crippen molar-refractivity contribution in [2.75, 3.05) is 19.6 Å². The van der Waals surface area contributed by atoms with E-state index in [1.54, 1.807) is 23.5 Å². The number of nitrogens with one attached hydrogen (secondary N) is 3. The highest BCUT2D eigenvalue weighted by atomic mass is 35.5. The number of aromatic nitrogens is 1. The van der Waals surface area contributed by atoms with Gasteiger partial charge in [0.15, 0.2) is 5.96 Å². The van der Waals surface area contributed by atoms with E-state index in [9.17, 15) is 8.42 Å². The molecule has 0 aliphatic heterocycles. The molecule has 2 aromatic rings. The highest BCUT2D eigenvalue weighted by Crippen LogP contribution is 2.17. The van der Waals surface area contributed by atoms with E-state index in [0.717, 1.165) is 10.7 Å². The number of aryl methyl sites for hydroxylation is 2. The first kappa shape index (κ1) is 21.6. The molecule has 10 heteroatoms. The van der Waals surface area contributed by atoms with Crippen LogP contribution in [-0.4, -0.2) is 39.0 Å². The fraction of sp³-hybridized carbons (Fsp3) is 0.412. The van der Waals surface area contributed by atoms with Crippen molar-refractivity contribution in [1.29, 1.82) is 0 Å². The third kappa shape index (κ3) is 6.76. The lowest BCUT2D eigenvalue weighted by Crippen LogP contribution is -2.41. The van der Waals surface area contributed by atoms with Gasteiger partial charge in [0.05, 0.1) is 17.1 Å². The number of aliphatic imine (C=N–C) groups is 1. The van der Waals surface area contributed by atoms with Crippen LogP contribution in [0.5, 0.6) is 0 Å². The molecule has 27 heavy (non-hydrogen) atoms. The molecule has 0 unspecified atom stereocenters. The van der Waals surface area contributed by atoms with Crippen LogP contribution in [0.3, 0.4) is 0 Å². The predicted octanol–water partition coefficient (Wildman–Crippen LogP) is 2.45. The maximum atomic E-state index is 12.2. The van der Waals surface area contributed by atoms with Crippen molar-refractivity contribution in [3.05, 3.63) is 44.9 Å². The van der Waals surface area contributed by atoms with Gasteiger partial charge in [-0.15, -0.1) is 11.3 Å². The van der Waals surface area contributed by atoms with Crippen molar-refractivity contribution < 1.29 is 8.42 Å². The van der Waals surface area contributed by atoms with Gasteiger partial charge < -0.3 is 10.6 Å². The minimum Gasteiger partial charge on any atom is -0.357 e. The van der Waals surface area contributed by atoms with E-state index in [-0.39, 0.29) is 11.4 Å². The topological polar surface area (TPSA) is 95.5 Å². The first-order chi connectivity index (χ1) is 12.8. The third-order valence-corrected chi connectivity index (χ3v) is 6.36. The van der Waals surface area contributed by atoms with Crippen LogP contribution >= 0.6 is 22.9 Å². The zero-order valence-corrected chi connectivity index (χ0v) is 17.9. The summed E-state index contributed by atoms with van der Waals surface area (Å²) in [6, 6.07) is 6.16. The SMILES string of the molecule is CCNC(=NCc1nc(C)c(C)s1)NCCNS(=O)(=O)c1cccc(Cl)c1. The molecule has 0 spiro atoms. The van der Waals surface area contributed by atoms with E-state index < -0.39 is 10.0 Å². The summed E-state index contributed by atoms with van der Waals surface area (Å²) in [6.07, 6.45) is 0. The Balaban J connectivity index is 1.87. The summed E-state index contributed by atoms with van der Waals surface area (Å²) in [6.45, 7) is 7.77. The molecule has 0 aliphatic rings. The lowest BCUT2D eigenvalue weighted by molar-refractivity contribution is 0.580. The maximum Gasteiger partial charge on any atom is 0.240 e. The van der Waals surface area contributed by atoms with Gasteiger partial charge >= 0.3 is 0 Å². The molecule has 0 fully saturated rings. The summed E-state index contributed by atoms with van der Waals surface area (Å²) >= 11 is 7.48. The smallest absolute Gasteiger partial charge is 0.240 e. The number of rotatable bonds is 8.